The second-order valence-corrected chi connectivity index (χ2v) is 5.86. The Balaban J connectivity index is 1.71. The number of amides is 1. The number of aryl methyl sites for hydroxylation is 1. The molecule has 5 nitrogen and oxygen atoms in total. The molecule has 0 unspecified atom stereocenters. The third-order valence-electron chi connectivity index (χ3n) is 3.83. The van der Waals surface area contributed by atoms with Gasteiger partial charge in [0.2, 0.25) is 5.91 Å². The van der Waals surface area contributed by atoms with Crippen LogP contribution in [0.25, 0.3) is 0 Å². The molecule has 1 amide bonds. The minimum atomic E-state index is -0.0276. The lowest BCUT2D eigenvalue weighted by Crippen LogP contribution is -2.33. The zero-order valence-corrected chi connectivity index (χ0v) is 15.1. The number of hydrogen-bond acceptors (Lipinski definition) is 4. The molecular formula is C20H26N2O3. The highest BCUT2D eigenvalue weighted by atomic mass is 16.5. The lowest BCUT2D eigenvalue weighted by Gasteiger charge is -2.17. The van der Waals surface area contributed by atoms with Gasteiger partial charge in [0, 0.05) is 12.2 Å². The molecule has 5 heteroatoms. The van der Waals surface area contributed by atoms with Crippen LogP contribution in [0.15, 0.2) is 48.5 Å². The number of rotatable bonds is 9. The SMILES string of the molecule is CCc1cccc(NC(=O)CN(C)CCOc2ccc(OC)cc2)c1. The van der Waals surface area contributed by atoms with Crippen LogP contribution in [0.5, 0.6) is 11.5 Å². The van der Waals surface area contributed by atoms with Crippen molar-refractivity contribution in [3.63, 3.8) is 0 Å². The highest BCUT2D eigenvalue weighted by Gasteiger charge is 2.07. The molecule has 2 rings (SSSR count). The van der Waals surface area contributed by atoms with Crippen LogP contribution in [0.1, 0.15) is 12.5 Å². The van der Waals surface area contributed by atoms with Crippen molar-refractivity contribution in [3.05, 3.63) is 54.1 Å². The third kappa shape index (κ3) is 6.47. The summed E-state index contributed by atoms with van der Waals surface area (Å²) in [6.07, 6.45) is 0.951. The molecule has 0 saturated heterocycles. The van der Waals surface area contributed by atoms with Crippen LogP contribution < -0.4 is 14.8 Å². The average molecular weight is 342 g/mol. The standard InChI is InChI=1S/C20H26N2O3/c1-4-16-6-5-7-17(14-16)21-20(23)15-22(2)12-13-25-19-10-8-18(24-3)9-11-19/h5-11,14H,4,12-13,15H2,1-3H3,(H,21,23). The van der Waals surface area contributed by atoms with Gasteiger partial charge in [-0.05, 0) is 55.4 Å². The number of benzene rings is 2. The van der Waals surface area contributed by atoms with Crippen LogP contribution >= 0.6 is 0 Å². The van der Waals surface area contributed by atoms with Crippen molar-refractivity contribution < 1.29 is 14.3 Å². The average Bonchev–Trinajstić information content (AvgIpc) is 2.62. The fourth-order valence-electron chi connectivity index (χ4n) is 2.39. The van der Waals surface area contributed by atoms with E-state index in [1.54, 1.807) is 7.11 Å². The minimum absolute atomic E-state index is 0.0276. The Morgan fingerprint density at radius 1 is 1.12 bits per heavy atom. The van der Waals surface area contributed by atoms with E-state index < -0.39 is 0 Å². The minimum Gasteiger partial charge on any atom is -0.497 e. The summed E-state index contributed by atoms with van der Waals surface area (Å²) in [6, 6.07) is 15.4. The summed E-state index contributed by atoms with van der Waals surface area (Å²) < 4.78 is 10.8. The second-order valence-electron chi connectivity index (χ2n) is 5.86. The van der Waals surface area contributed by atoms with Crippen LogP contribution in [-0.2, 0) is 11.2 Å². The van der Waals surface area contributed by atoms with Gasteiger partial charge in [-0.25, -0.2) is 0 Å². The van der Waals surface area contributed by atoms with Gasteiger partial charge in [0.15, 0.2) is 0 Å². The molecule has 0 spiro atoms. The van der Waals surface area contributed by atoms with Gasteiger partial charge in [0.1, 0.15) is 18.1 Å². The third-order valence-corrected chi connectivity index (χ3v) is 3.83. The molecule has 0 radical (unpaired) electrons. The van der Waals surface area contributed by atoms with Gasteiger partial charge in [-0.2, -0.15) is 0 Å². The largest absolute Gasteiger partial charge is 0.497 e. The molecule has 0 saturated carbocycles. The van der Waals surface area contributed by atoms with Gasteiger partial charge < -0.3 is 14.8 Å². The molecule has 0 fully saturated rings. The number of hydrogen-bond donors (Lipinski definition) is 1. The number of carbonyl (C=O) groups is 1. The van der Waals surface area contributed by atoms with Crippen LogP contribution in [-0.4, -0.2) is 44.7 Å². The molecule has 0 heterocycles. The summed E-state index contributed by atoms with van der Waals surface area (Å²) in [7, 11) is 3.54. The highest BCUT2D eigenvalue weighted by Crippen LogP contribution is 2.16. The molecule has 0 aliphatic rings. The fourth-order valence-corrected chi connectivity index (χ4v) is 2.39. The van der Waals surface area contributed by atoms with Crippen molar-refractivity contribution in [2.45, 2.75) is 13.3 Å². The van der Waals surface area contributed by atoms with Crippen LogP contribution in [0, 0.1) is 0 Å². The molecule has 134 valence electrons. The summed E-state index contributed by atoms with van der Waals surface area (Å²) in [6.45, 7) is 3.59. The van der Waals surface area contributed by atoms with E-state index in [1.807, 2.05) is 54.4 Å². The molecule has 0 aliphatic carbocycles. The molecule has 25 heavy (non-hydrogen) atoms. The highest BCUT2D eigenvalue weighted by molar-refractivity contribution is 5.92. The quantitative estimate of drug-likeness (QED) is 0.760. The number of anilines is 1. The summed E-state index contributed by atoms with van der Waals surface area (Å²) >= 11 is 0. The van der Waals surface area contributed by atoms with Crippen molar-refractivity contribution in [2.24, 2.45) is 0 Å². The lowest BCUT2D eigenvalue weighted by molar-refractivity contribution is -0.117. The Morgan fingerprint density at radius 2 is 1.84 bits per heavy atom. The monoisotopic (exact) mass is 342 g/mol. The van der Waals surface area contributed by atoms with Crippen molar-refractivity contribution >= 4 is 11.6 Å². The lowest BCUT2D eigenvalue weighted by atomic mass is 10.1. The zero-order chi connectivity index (χ0) is 18.1. The number of likely N-dealkylation sites (N-methyl/N-ethyl adjacent to an activating group) is 1. The van der Waals surface area contributed by atoms with E-state index in [-0.39, 0.29) is 5.91 Å². The first kappa shape index (κ1) is 18.8. The van der Waals surface area contributed by atoms with E-state index in [1.165, 1.54) is 5.56 Å². The second kappa shape index (κ2) is 9.69. The van der Waals surface area contributed by atoms with Crippen molar-refractivity contribution in [2.75, 3.05) is 39.2 Å². The first-order valence-electron chi connectivity index (χ1n) is 8.45. The molecule has 0 atom stereocenters. The molecule has 1 N–H and O–H groups in total. The van der Waals surface area contributed by atoms with Gasteiger partial charge in [-0.15, -0.1) is 0 Å². The Hall–Kier alpha value is -2.53. The maximum atomic E-state index is 12.1. The first-order valence-corrected chi connectivity index (χ1v) is 8.45. The van der Waals surface area contributed by atoms with Crippen molar-refractivity contribution in [3.8, 4) is 11.5 Å². The van der Waals surface area contributed by atoms with Gasteiger partial charge in [0.05, 0.1) is 13.7 Å². The number of carbonyl (C=O) groups excluding carboxylic acids is 1. The van der Waals surface area contributed by atoms with E-state index in [0.29, 0.717) is 19.7 Å². The molecule has 0 aliphatic heterocycles. The summed E-state index contributed by atoms with van der Waals surface area (Å²) in [4.78, 5) is 14.1. The molecule has 0 bridgehead atoms. The Bertz CT molecular complexity index is 671. The fraction of sp³-hybridized carbons (Fsp3) is 0.350. The summed E-state index contributed by atoms with van der Waals surface area (Å²) in [5, 5.41) is 2.93. The van der Waals surface area contributed by atoms with E-state index >= 15 is 0 Å². The molecular weight excluding hydrogens is 316 g/mol. The van der Waals surface area contributed by atoms with E-state index in [2.05, 4.69) is 18.3 Å². The van der Waals surface area contributed by atoms with Gasteiger partial charge in [-0.3, -0.25) is 9.69 Å². The van der Waals surface area contributed by atoms with Gasteiger partial charge >= 0.3 is 0 Å². The predicted octanol–water partition coefficient (Wildman–Crippen LogP) is 3.21. The van der Waals surface area contributed by atoms with Crippen LogP contribution in [0.3, 0.4) is 0 Å². The predicted molar refractivity (Wildman–Crippen MR) is 100 cm³/mol. The number of nitrogens with one attached hydrogen (secondary N) is 1. The molecule has 2 aromatic carbocycles. The van der Waals surface area contributed by atoms with E-state index in [4.69, 9.17) is 9.47 Å². The number of ether oxygens (including phenoxy) is 2. The van der Waals surface area contributed by atoms with E-state index in [9.17, 15) is 4.79 Å². The molecule has 2 aromatic rings. The molecule has 0 aromatic heterocycles. The van der Waals surface area contributed by atoms with Crippen molar-refractivity contribution in [1.29, 1.82) is 0 Å². The number of nitrogens with zero attached hydrogens (tertiary/aromatic N) is 1. The topological polar surface area (TPSA) is 50.8 Å². The zero-order valence-electron chi connectivity index (χ0n) is 15.1. The summed E-state index contributed by atoms with van der Waals surface area (Å²) in [5.41, 5.74) is 2.05. The maximum absolute atomic E-state index is 12.1. The van der Waals surface area contributed by atoms with Gasteiger partial charge in [-0.1, -0.05) is 19.1 Å². The maximum Gasteiger partial charge on any atom is 0.238 e. The Kier molecular flexibility index (Phi) is 7.29. The summed E-state index contributed by atoms with van der Waals surface area (Å²) in [5.74, 6) is 1.56. The Morgan fingerprint density at radius 3 is 2.52 bits per heavy atom. The number of methoxy groups -OCH3 is 1. The smallest absolute Gasteiger partial charge is 0.238 e. The van der Waals surface area contributed by atoms with Crippen LogP contribution in [0.2, 0.25) is 0 Å². The normalized spacial score (nSPS) is 10.6. The van der Waals surface area contributed by atoms with E-state index in [0.717, 1.165) is 23.6 Å². The van der Waals surface area contributed by atoms with Gasteiger partial charge in [0.25, 0.3) is 0 Å². The Labute approximate surface area is 149 Å². The van der Waals surface area contributed by atoms with Crippen molar-refractivity contribution in [1.82, 2.24) is 4.90 Å². The van der Waals surface area contributed by atoms with Crippen LogP contribution in [0.4, 0.5) is 5.69 Å². The first-order chi connectivity index (χ1) is 12.1.